The first-order valence-electron chi connectivity index (χ1n) is 9.70. The lowest BCUT2D eigenvalue weighted by Crippen LogP contribution is -2.49. The predicted molar refractivity (Wildman–Crippen MR) is 93.4 cm³/mol. The minimum absolute atomic E-state index is 0.107. The molecule has 0 heterocycles. The number of carbonyl (C=O) groups is 1. The number of carbonyl (C=O) groups excluding carboxylic acids is 1. The zero-order chi connectivity index (χ0) is 17.1. The Morgan fingerprint density at radius 1 is 1.00 bits per heavy atom. The molecule has 0 amide bonds. The van der Waals surface area contributed by atoms with Gasteiger partial charge in [-0.25, -0.2) is 0 Å². The highest BCUT2D eigenvalue weighted by molar-refractivity contribution is 5.92. The smallest absolute Gasteiger partial charge is 0.170 e. The van der Waals surface area contributed by atoms with Crippen molar-refractivity contribution in [2.45, 2.75) is 110 Å². The minimum Gasteiger partial charge on any atom is -0.393 e. The van der Waals surface area contributed by atoms with Gasteiger partial charge in [-0.3, -0.25) is 4.79 Å². The molecule has 0 spiro atoms. The molecule has 2 saturated carbocycles. The van der Waals surface area contributed by atoms with E-state index in [4.69, 9.17) is 4.74 Å². The van der Waals surface area contributed by atoms with Gasteiger partial charge in [-0.1, -0.05) is 26.7 Å². The molecule has 0 radical (unpaired) electrons. The summed E-state index contributed by atoms with van der Waals surface area (Å²) in [6.45, 7) is 8.22. The van der Waals surface area contributed by atoms with E-state index in [1.54, 1.807) is 0 Å². The van der Waals surface area contributed by atoms with Gasteiger partial charge in [-0.2, -0.15) is 0 Å². The Morgan fingerprint density at radius 2 is 1.65 bits per heavy atom. The van der Waals surface area contributed by atoms with Crippen LogP contribution in [-0.4, -0.2) is 28.7 Å². The highest BCUT2D eigenvalue weighted by Crippen LogP contribution is 2.45. The molecule has 0 saturated heterocycles. The molecule has 3 heteroatoms. The number of hydrogen-bond donors (Lipinski definition) is 1. The standard InChI is InChI=1S/C20H36O3/c1-5-20(4,15-9-6-7-10-15)18(22)19(2,3)23-17-12-8-11-16(21)13-14-17/h15-17,21H,5-14H2,1-4H3. The largest absolute Gasteiger partial charge is 0.393 e. The van der Waals surface area contributed by atoms with Crippen LogP contribution in [0.25, 0.3) is 0 Å². The summed E-state index contributed by atoms with van der Waals surface area (Å²) >= 11 is 0. The lowest BCUT2D eigenvalue weighted by atomic mass is 9.67. The Hall–Kier alpha value is -0.410. The molecule has 3 nitrogen and oxygen atoms in total. The molecule has 2 fully saturated rings. The predicted octanol–water partition coefficient (Wildman–Crippen LogP) is 4.65. The van der Waals surface area contributed by atoms with Crippen LogP contribution in [0, 0.1) is 11.3 Å². The van der Waals surface area contributed by atoms with Crippen LogP contribution in [0.1, 0.15) is 91.9 Å². The van der Waals surface area contributed by atoms with E-state index in [2.05, 4.69) is 13.8 Å². The molecule has 2 aliphatic rings. The second-order valence-corrected chi connectivity index (χ2v) is 8.49. The second kappa shape index (κ2) is 7.65. The van der Waals surface area contributed by atoms with Crippen molar-refractivity contribution in [1.82, 2.24) is 0 Å². The third kappa shape index (κ3) is 4.36. The maximum Gasteiger partial charge on any atom is 0.170 e. The first-order chi connectivity index (χ1) is 10.8. The molecule has 0 aromatic heterocycles. The average Bonchev–Trinajstić information content (AvgIpc) is 2.98. The Labute approximate surface area is 142 Å². The zero-order valence-corrected chi connectivity index (χ0v) is 15.6. The van der Waals surface area contributed by atoms with Crippen molar-refractivity contribution in [2.75, 3.05) is 0 Å². The molecule has 23 heavy (non-hydrogen) atoms. The summed E-state index contributed by atoms with van der Waals surface area (Å²) in [6.07, 6.45) is 10.2. The Morgan fingerprint density at radius 3 is 2.26 bits per heavy atom. The summed E-state index contributed by atoms with van der Waals surface area (Å²) in [5, 5.41) is 9.80. The molecule has 0 aromatic rings. The van der Waals surface area contributed by atoms with Crippen LogP contribution in [0.15, 0.2) is 0 Å². The first-order valence-corrected chi connectivity index (χ1v) is 9.70. The third-order valence-electron chi connectivity index (χ3n) is 6.40. The van der Waals surface area contributed by atoms with Crippen LogP contribution in [0.5, 0.6) is 0 Å². The molecular formula is C20H36O3. The number of ketones is 1. The van der Waals surface area contributed by atoms with E-state index in [0.29, 0.717) is 5.92 Å². The molecule has 0 aromatic carbocycles. The highest BCUT2D eigenvalue weighted by atomic mass is 16.5. The van der Waals surface area contributed by atoms with Crippen LogP contribution < -0.4 is 0 Å². The molecule has 0 bridgehead atoms. The van der Waals surface area contributed by atoms with Gasteiger partial charge < -0.3 is 9.84 Å². The fourth-order valence-electron chi connectivity index (χ4n) is 4.72. The van der Waals surface area contributed by atoms with Crippen molar-refractivity contribution in [3.05, 3.63) is 0 Å². The first kappa shape index (κ1) is 18.9. The number of Topliss-reactive ketones (excluding diaryl/α,β-unsaturated/α-hetero) is 1. The van der Waals surface area contributed by atoms with Crippen LogP contribution >= 0.6 is 0 Å². The molecular weight excluding hydrogens is 288 g/mol. The Kier molecular flexibility index (Phi) is 6.29. The van der Waals surface area contributed by atoms with Gasteiger partial charge in [0.15, 0.2) is 5.78 Å². The van der Waals surface area contributed by atoms with Crippen molar-refractivity contribution < 1.29 is 14.6 Å². The van der Waals surface area contributed by atoms with E-state index in [0.717, 1.165) is 38.5 Å². The summed E-state index contributed by atoms with van der Waals surface area (Å²) in [5.41, 5.74) is -0.989. The molecule has 134 valence electrons. The Bertz CT molecular complexity index is 398. The highest BCUT2D eigenvalue weighted by Gasteiger charge is 2.48. The SMILES string of the molecule is CCC(C)(C(=O)C(C)(C)OC1CCCC(O)CC1)C1CCCC1. The number of aliphatic hydroxyl groups is 1. The van der Waals surface area contributed by atoms with Crippen LogP contribution in [0.2, 0.25) is 0 Å². The van der Waals surface area contributed by atoms with Gasteiger partial charge >= 0.3 is 0 Å². The maximum absolute atomic E-state index is 13.4. The topological polar surface area (TPSA) is 46.5 Å². The van der Waals surface area contributed by atoms with Gasteiger partial charge in [0.2, 0.25) is 0 Å². The van der Waals surface area contributed by atoms with Crippen LogP contribution in [0.3, 0.4) is 0 Å². The molecule has 1 N–H and O–H groups in total. The normalized spacial score (nSPS) is 30.0. The van der Waals surface area contributed by atoms with E-state index < -0.39 is 5.60 Å². The molecule has 2 rings (SSSR count). The van der Waals surface area contributed by atoms with Crippen molar-refractivity contribution in [3.63, 3.8) is 0 Å². The minimum atomic E-state index is -0.729. The van der Waals surface area contributed by atoms with E-state index in [1.165, 1.54) is 25.7 Å². The van der Waals surface area contributed by atoms with Gasteiger partial charge in [0.25, 0.3) is 0 Å². The summed E-state index contributed by atoms with van der Waals surface area (Å²) in [4.78, 5) is 13.4. The van der Waals surface area contributed by atoms with Crippen molar-refractivity contribution >= 4 is 5.78 Å². The number of aliphatic hydroxyl groups excluding tert-OH is 1. The quantitative estimate of drug-likeness (QED) is 0.723. The van der Waals surface area contributed by atoms with Gasteiger partial charge in [0.05, 0.1) is 12.2 Å². The third-order valence-corrected chi connectivity index (χ3v) is 6.40. The molecule has 2 aliphatic carbocycles. The summed E-state index contributed by atoms with van der Waals surface area (Å²) in [6, 6.07) is 0. The fourth-order valence-corrected chi connectivity index (χ4v) is 4.72. The summed E-state index contributed by atoms with van der Waals surface area (Å²) in [5.74, 6) is 0.794. The molecule has 3 atom stereocenters. The van der Waals surface area contributed by atoms with Gasteiger partial charge in [0, 0.05) is 5.41 Å². The van der Waals surface area contributed by atoms with E-state index in [-0.39, 0.29) is 23.4 Å². The van der Waals surface area contributed by atoms with Crippen molar-refractivity contribution in [1.29, 1.82) is 0 Å². The number of hydrogen-bond acceptors (Lipinski definition) is 3. The Balaban J connectivity index is 2.05. The van der Waals surface area contributed by atoms with Gasteiger partial charge in [0.1, 0.15) is 5.60 Å². The summed E-state index contributed by atoms with van der Waals surface area (Å²) < 4.78 is 6.32. The monoisotopic (exact) mass is 324 g/mol. The van der Waals surface area contributed by atoms with E-state index in [9.17, 15) is 9.90 Å². The number of rotatable bonds is 6. The molecule has 0 aliphatic heterocycles. The van der Waals surface area contributed by atoms with Crippen molar-refractivity contribution in [2.24, 2.45) is 11.3 Å². The van der Waals surface area contributed by atoms with E-state index >= 15 is 0 Å². The average molecular weight is 325 g/mol. The van der Waals surface area contributed by atoms with Crippen LogP contribution in [0.4, 0.5) is 0 Å². The van der Waals surface area contributed by atoms with Crippen LogP contribution in [-0.2, 0) is 9.53 Å². The lowest BCUT2D eigenvalue weighted by Gasteiger charge is -2.41. The second-order valence-electron chi connectivity index (χ2n) is 8.49. The maximum atomic E-state index is 13.4. The summed E-state index contributed by atoms with van der Waals surface area (Å²) in [7, 11) is 0. The lowest BCUT2D eigenvalue weighted by molar-refractivity contribution is -0.161. The molecule has 3 unspecified atom stereocenters. The fraction of sp³-hybridized carbons (Fsp3) is 0.950. The number of ether oxygens (including phenoxy) is 1. The van der Waals surface area contributed by atoms with Gasteiger partial charge in [-0.05, 0) is 71.1 Å². The van der Waals surface area contributed by atoms with Gasteiger partial charge in [-0.15, -0.1) is 0 Å². The van der Waals surface area contributed by atoms with E-state index in [1.807, 2.05) is 13.8 Å². The zero-order valence-electron chi connectivity index (χ0n) is 15.6. The van der Waals surface area contributed by atoms with Crippen molar-refractivity contribution in [3.8, 4) is 0 Å².